The molecule has 0 bridgehead atoms. The first-order valence-electron chi connectivity index (χ1n) is 26.0. The van der Waals surface area contributed by atoms with Crippen molar-refractivity contribution in [3.8, 4) is 0 Å². The fourth-order valence-electron chi connectivity index (χ4n) is 7.00. The maximum Gasteiger partial charge on any atom is 0.472 e. The lowest BCUT2D eigenvalue weighted by atomic mass is 10.0. The van der Waals surface area contributed by atoms with Crippen LogP contribution in [0.1, 0.15) is 206 Å². The molecule has 3 atom stereocenters. The molecule has 0 aliphatic heterocycles. The highest BCUT2D eigenvalue weighted by molar-refractivity contribution is 7.47. The molecule has 8 nitrogen and oxygen atoms in total. The fourth-order valence-corrected chi connectivity index (χ4v) is 7.74. The van der Waals surface area contributed by atoms with Gasteiger partial charge in [0.15, 0.2) is 0 Å². The van der Waals surface area contributed by atoms with E-state index in [0.29, 0.717) is 17.4 Å². The van der Waals surface area contributed by atoms with Crippen LogP contribution in [-0.2, 0) is 18.4 Å². The molecule has 0 rings (SSSR count). The molecule has 3 N–H and O–H groups in total. The first-order chi connectivity index (χ1) is 31.0. The Morgan fingerprint density at radius 2 is 0.953 bits per heavy atom. The van der Waals surface area contributed by atoms with Gasteiger partial charge in [-0.15, -0.1) is 0 Å². The molecule has 370 valence electrons. The van der Waals surface area contributed by atoms with Crippen molar-refractivity contribution in [3.05, 3.63) is 85.1 Å². The summed E-state index contributed by atoms with van der Waals surface area (Å²) in [5.74, 6) is -0.197. The molecule has 0 aromatic carbocycles. The summed E-state index contributed by atoms with van der Waals surface area (Å²) in [5, 5.41) is 13.9. The number of hydrogen-bond donors (Lipinski definition) is 3. The average Bonchev–Trinajstić information content (AvgIpc) is 3.25. The van der Waals surface area contributed by atoms with Crippen LogP contribution in [0.25, 0.3) is 0 Å². The normalized spacial score (nSPS) is 14.8. The number of carbonyl (C=O) groups is 1. The van der Waals surface area contributed by atoms with Crippen molar-refractivity contribution in [2.75, 3.05) is 40.9 Å². The van der Waals surface area contributed by atoms with E-state index >= 15 is 0 Å². The van der Waals surface area contributed by atoms with Gasteiger partial charge in [0.25, 0.3) is 0 Å². The molecule has 0 aromatic heterocycles. The van der Waals surface area contributed by atoms with Crippen LogP contribution < -0.4 is 5.32 Å². The quantitative estimate of drug-likeness (QED) is 0.0243. The van der Waals surface area contributed by atoms with E-state index in [-0.39, 0.29) is 19.1 Å². The Bertz CT molecular complexity index is 1310. The van der Waals surface area contributed by atoms with E-state index in [1.165, 1.54) is 116 Å². The van der Waals surface area contributed by atoms with Crippen molar-refractivity contribution in [3.63, 3.8) is 0 Å². The highest BCUT2D eigenvalue weighted by Crippen LogP contribution is 2.43. The third-order valence-electron chi connectivity index (χ3n) is 11.1. The van der Waals surface area contributed by atoms with Crippen LogP contribution in [0.2, 0.25) is 0 Å². The summed E-state index contributed by atoms with van der Waals surface area (Å²) in [4.78, 5) is 23.2. The van der Waals surface area contributed by atoms with Gasteiger partial charge >= 0.3 is 7.82 Å². The van der Waals surface area contributed by atoms with E-state index in [2.05, 4.69) is 92.1 Å². The van der Waals surface area contributed by atoms with Crippen LogP contribution in [-0.4, -0.2) is 73.4 Å². The number of rotatable bonds is 46. The molecule has 3 unspecified atom stereocenters. The second kappa shape index (κ2) is 45.8. The second-order valence-corrected chi connectivity index (χ2v) is 19.9. The van der Waals surface area contributed by atoms with Gasteiger partial charge in [-0.05, 0) is 83.5 Å². The standard InChI is InChI=1S/C55H99N2O6P/c1-6-8-10-12-14-16-18-20-22-24-25-26-27-28-29-30-31-33-35-37-39-41-43-45-47-49-55(59)56-53(52-63-64(60,61)62-51-50-57(3,4)5)54(58)48-46-44-42-40-38-36-34-32-23-21-19-17-15-13-11-9-7-2/h8,10,14,16,20,22-23,25-26,32,38,40,46,48,53-54,58H,6-7,9,11-13,15,17-19,21,24,27-31,33-37,39,41-45,47,49-52H2,1-5H3,(H-,56,59,60,61)/p+1/b10-8-,16-14-,22-20-,26-25-,32-23+,40-38+,48-46+. The molecule has 0 spiro atoms. The highest BCUT2D eigenvalue weighted by Gasteiger charge is 2.27. The zero-order chi connectivity index (χ0) is 47.1. The van der Waals surface area contributed by atoms with Gasteiger partial charge in [-0.3, -0.25) is 13.8 Å². The van der Waals surface area contributed by atoms with Gasteiger partial charge < -0.3 is 19.8 Å². The average molecular weight is 916 g/mol. The third-order valence-corrected chi connectivity index (χ3v) is 12.1. The molecule has 0 fully saturated rings. The monoisotopic (exact) mass is 916 g/mol. The largest absolute Gasteiger partial charge is 0.472 e. The Morgan fingerprint density at radius 1 is 0.547 bits per heavy atom. The van der Waals surface area contributed by atoms with Crippen LogP contribution in [0.4, 0.5) is 0 Å². The summed E-state index contributed by atoms with van der Waals surface area (Å²) < 4.78 is 23.6. The molecule has 1 amide bonds. The van der Waals surface area contributed by atoms with E-state index in [1.807, 2.05) is 27.2 Å². The van der Waals surface area contributed by atoms with Gasteiger partial charge in [0.1, 0.15) is 13.2 Å². The number of nitrogens with zero attached hydrogens (tertiary/aromatic N) is 1. The fraction of sp³-hybridized carbons (Fsp3) is 0.727. The van der Waals surface area contributed by atoms with E-state index in [1.54, 1.807) is 6.08 Å². The molecular formula is C55H100N2O6P+. The summed E-state index contributed by atoms with van der Waals surface area (Å²) in [6, 6.07) is -0.875. The summed E-state index contributed by atoms with van der Waals surface area (Å²) in [6.07, 6.45) is 63.8. The molecule has 0 saturated carbocycles. The van der Waals surface area contributed by atoms with E-state index in [9.17, 15) is 19.4 Å². The number of carbonyl (C=O) groups excluding carboxylic acids is 1. The van der Waals surface area contributed by atoms with Crippen molar-refractivity contribution < 1.29 is 32.9 Å². The van der Waals surface area contributed by atoms with Gasteiger partial charge in [-0.2, -0.15) is 0 Å². The van der Waals surface area contributed by atoms with Crippen molar-refractivity contribution in [2.24, 2.45) is 0 Å². The van der Waals surface area contributed by atoms with Crippen molar-refractivity contribution in [2.45, 2.75) is 219 Å². The predicted octanol–water partition coefficient (Wildman–Crippen LogP) is 15.3. The molecule has 0 aliphatic rings. The van der Waals surface area contributed by atoms with Crippen LogP contribution in [0.5, 0.6) is 0 Å². The van der Waals surface area contributed by atoms with Crippen molar-refractivity contribution in [1.82, 2.24) is 5.32 Å². The minimum atomic E-state index is -4.36. The molecular weight excluding hydrogens is 816 g/mol. The lowest BCUT2D eigenvalue weighted by Gasteiger charge is -2.25. The number of unbranched alkanes of at least 4 members (excludes halogenated alkanes) is 21. The van der Waals surface area contributed by atoms with Crippen molar-refractivity contribution >= 4 is 13.7 Å². The lowest BCUT2D eigenvalue weighted by Crippen LogP contribution is -2.45. The Hall–Kier alpha value is -2.32. The summed E-state index contributed by atoms with van der Waals surface area (Å²) in [5.41, 5.74) is 0. The molecule has 0 radical (unpaired) electrons. The number of nitrogens with one attached hydrogen (secondary N) is 1. The number of aliphatic hydroxyl groups excluding tert-OH is 1. The Kier molecular flexibility index (Phi) is 44.2. The minimum absolute atomic E-state index is 0.0496. The minimum Gasteiger partial charge on any atom is -0.387 e. The maximum absolute atomic E-state index is 12.9. The van der Waals surface area contributed by atoms with E-state index < -0.39 is 20.0 Å². The number of allylic oxidation sites excluding steroid dienone is 13. The number of quaternary nitrogens is 1. The zero-order valence-electron chi connectivity index (χ0n) is 42.0. The summed E-state index contributed by atoms with van der Waals surface area (Å²) >= 11 is 0. The van der Waals surface area contributed by atoms with Crippen LogP contribution in [0.15, 0.2) is 85.1 Å². The molecule has 64 heavy (non-hydrogen) atoms. The summed E-state index contributed by atoms with van der Waals surface area (Å²) in [7, 11) is 1.53. The number of aliphatic hydroxyl groups is 1. The summed E-state index contributed by atoms with van der Waals surface area (Å²) in [6.45, 7) is 4.66. The number of amides is 1. The lowest BCUT2D eigenvalue weighted by molar-refractivity contribution is -0.870. The first kappa shape index (κ1) is 61.7. The number of hydrogen-bond acceptors (Lipinski definition) is 5. The van der Waals surface area contributed by atoms with Crippen LogP contribution in [0.3, 0.4) is 0 Å². The topological polar surface area (TPSA) is 105 Å². The molecule has 0 saturated heterocycles. The smallest absolute Gasteiger partial charge is 0.387 e. The van der Waals surface area contributed by atoms with E-state index in [0.717, 1.165) is 70.6 Å². The Balaban J connectivity index is 4.33. The molecule has 0 aromatic rings. The van der Waals surface area contributed by atoms with Crippen molar-refractivity contribution in [1.29, 1.82) is 0 Å². The highest BCUT2D eigenvalue weighted by atomic mass is 31.2. The number of likely N-dealkylation sites (N-methyl/N-ethyl adjacent to an activating group) is 1. The second-order valence-electron chi connectivity index (χ2n) is 18.5. The van der Waals surface area contributed by atoms with Gasteiger partial charge in [0.05, 0.1) is 39.9 Å². The molecule has 0 aliphatic carbocycles. The van der Waals surface area contributed by atoms with Crippen LogP contribution in [0, 0.1) is 0 Å². The number of phosphoric acid groups is 1. The maximum atomic E-state index is 12.9. The van der Waals surface area contributed by atoms with Gasteiger partial charge in [-0.25, -0.2) is 4.57 Å². The molecule has 9 heteroatoms. The van der Waals surface area contributed by atoms with Gasteiger partial charge in [0, 0.05) is 6.42 Å². The zero-order valence-corrected chi connectivity index (χ0v) is 42.9. The Morgan fingerprint density at radius 3 is 1.44 bits per heavy atom. The van der Waals surface area contributed by atoms with E-state index in [4.69, 9.17) is 9.05 Å². The first-order valence-corrected chi connectivity index (χ1v) is 27.5. The predicted molar refractivity (Wildman–Crippen MR) is 276 cm³/mol. The number of phosphoric ester groups is 1. The third kappa shape index (κ3) is 47.6. The SMILES string of the molecule is CC/C=C\C/C=C\C/C=C\C/C=C\CCCCCCCCCCCCCCC(=O)NC(COP(=O)(O)OCC[N+](C)(C)C)C(O)/C=C/CC/C=C/CC/C=C/CCCCCCCCC. The van der Waals surface area contributed by atoms with Gasteiger partial charge in [-0.1, -0.05) is 202 Å². The Labute approximate surface area is 395 Å². The molecule has 0 heterocycles. The van der Waals surface area contributed by atoms with Gasteiger partial charge in [0.2, 0.25) is 5.91 Å². The van der Waals surface area contributed by atoms with Crippen LogP contribution >= 0.6 is 7.82 Å².